The highest BCUT2D eigenvalue weighted by atomic mass is 32.1. The fourth-order valence-corrected chi connectivity index (χ4v) is 3.08. The number of hydrogen-bond donors (Lipinski definition) is 1. The van der Waals surface area contributed by atoms with E-state index < -0.39 is 0 Å². The van der Waals surface area contributed by atoms with Crippen LogP contribution in [0.2, 0.25) is 0 Å². The highest BCUT2D eigenvalue weighted by Gasteiger charge is 2.10. The number of nitrogens with zero attached hydrogens (tertiary/aromatic N) is 2. The van der Waals surface area contributed by atoms with Gasteiger partial charge in [-0.05, 0) is 25.1 Å². The number of hydrogen-bond acceptors (Lipinski definition) is 5. The van der Waals surface area contributed by atoms with E-state index in [0.29, 0.717) is 0 Å². The first-order valence-corrected chi connectivity index (χ1v) is 7.69. The Morgan fingerprint density at radius 2 is 2.10 bits per heavy atom. The number of fused-ring (bicyclic) bond motifs is 1. The molecule has 0 aliphatic heterocycles. The van der Waals surface area contributed by atoms with Gasteiger partial charge in [0.25, 0.3) is 0 Å². The Hall–Kier alpha value is -2.14. The molecule has 0 aliphatic rings. The van der Waals surface area contributed by atoms with Gasteiger partial charge in [0, 0.05) is 23.1 Å². The van der Waals surface area contributed by atoms with Gasteiger partial charge < -0.3 is 10.1 Å². The quantitative estimate of drug-likeness (QED) is 0.779. The molecular formula is C16H17N3OS. The van der Waals surface area contributed by atoms with Crippen molar-refractivity contribution in [3.8, 4) is 5.75 Å². The minimum atomic E-state index is 0.819. The van der Waals surface area contributed by atoms with Gasteiger partial charge in [-0.25, -0.2) is 9.97 Å². The van der Waals surface area contributed by atoms with Crippen molar-refractivity contribution in [2.75, 3.05) is 12.4 Å². The Labute approximate surface area is 127 Å². The van der Waals surface area contributed by atoms with E-state index in [4.69, 9.17) is 4.74 Å². The number of ether oxygens (including phenoxy) is 1. The molecule has 0 spiro atoms. The summed E-state index contributed by atoms with van der Waals surface area (Å²) in [6.45, 7) is 4.16. The molecule has 5 heteroatoms. The summed E-state index contributed by atoms with van der Waals surface area (Å²) in [5.41, 5.74) is 0.959. The zero-order chi connectivity index (χ0) is 14.8. The summed E-state index contributed by atoms with van der Waals surface area (Å²) >= 11 is 1.70. The molecule has 1 aromatic carbocycles. The standard InChI is InChI=1S/C16H17N3OS/c1-4-14-18-15(13-8-10(2)21-16(13)19-14)17-11-6-5-7-12(9-11)20-3/h5-9H,4H2,1-3H3,(H,17,18,19). The van der Waals surface area contributed by atoms with E-state index in [1.54, 1.807) is 18.4 Å². The molecule has 4 nitrogen and oxygen atoms in total. The van der Waals surface area contributed by atoms with Gasteiger partial charge in [-0.2, -0.15) is 0 Å². The Balaban J connectivity index is 2.05. The molecule has 0 aliphatic carbocycles. The third-order valence-electron chi connectivity index (χ3n) is 3.21. The van der Waals surface area contributed by atoms with E-state index >= 15 is 0 Å². The second-order valence-corrected chi connectivity index (χ2v) is 6.01. The van der Waals surface area contributed by atoms with E-state index in [1.807, 2.05) is 24.3 Å². The molecule has 0 radical (unpaired) electrons. The summed E-state index contributed by atoms with van der Waals surface area (Å²) in [5, 5.41) is 4.45. The maximum Gasteiger partial charge on any atom is 0.142 e. The number of anilines is 2. The molecule has 0 amide bonds. The summed E-state index contributed by atoms with van der Waals surface area (Å²) in [4.78, 5) is 11.5. The van der Waals surface area contributed by atoms with Gasteiger partial charge in [0.15, 0.2) is 0 Å². The molecule has 3 aromatic rings. The summed E-state index contributed by atoms with van der Waals surface area (Å²) in [5.74, 6) is 2.53. The van der Waals surface area contributed by atoms with Crippen molar-refractivity contribution in [3.05, 3.63) is 41.0 Å². The third-order valence-corrected chi connectivity index (χ3v) is 4.16. The van der Waals surface area contributed by atoms with Crippen LogP contribution in [0.5, 0.6) is 5.75 Å². The monoisotopic (exact) mass is 299 g/mol. The first kappa shape index (κ1) is 13.8. The number of thiophene rings is 1. The van der Waals surface area contributed by atoms with Gasteiger partial charge in [0.1, 0.15) is 22.2 Å². The topological polar surface area (TPSA) is 47.0 Å². The van der Waals surface area contributed by atoms with Crippen LogP contribution >= 0.6 is 11.3 Å². The molecule has 0 saturated carbocycles. The number of methoxy groups -OCH3 is 1. The third kappa shape index (κ3) is 2.83. The molecule has 0 saturated heterocycles. The summed E-state index contributed by atoms with van der Waals surface area (Å²) in [6, 6.07) is 9.97. The summed E-state index contributed by atoms with van der Waals surface area (Å²) in [6.07, 6.45) is 0.819. The van der Waals surface area contributed by atoms with E-state index in [9.17, 15) is 0 Å². The van der Waals surface area contributed by atoms with Crippen molar-refractivity contribution in [2.24, 2.45) is 0 Å². The van der Waals surface area contributed by atoms with Crippen LogP contribution in [-0.2, 0) is 6.42 Å². The van der Waals surface area contributed by atoms with Crippen LogP contribution in [0.15, 0.2) is 30.3 Å². The van der Waals surface area contributed by atoms with Crippen molar-refractivity contribution < 1.29 is 4.74 Å². The Kier molecular flexibility index (Phi) is 3.75. The highest BCUT2D eigenvalue weighted by molar-refractivity contribution is 7.18. The van der Waals surface area contributed by atoms with Crippen molar-refractivity contribution >= 4 is 33.1 Å². The van der Waals surface area contributed by atoms with Crippen LogP contribution in [0, 0.1) is 6.92 Å². The lowest BCUT2D eigenvalue weighted by molar-refractivity contribution is 0.415. The van der Waals surface area contributed by atoms with Crippen LogP contribution in [0.3, 0.4) is 0 Å². The van der Waals surface area contributed by atoms with Crippen molar-refractivity contribution in [1.82, 2.24) is 9.97 Å². The van der Waals surface area contributed by atoms with Crippen LogP contribution < -0.4 is 10.1 Å². The summed E-state index contributed by atoms with van der Waals surface area (Å²) in [7, 11) is 1.67. The highest BCUT2D eigenvalue weighted by Crippen LogP contribution is 2.31. The number of rotatable bonds is 4. The van der Waals surface area contributed by atoms with Gasteiger partial charge in [0.05, 0.1) is 12.5 Å². The summed E-state index contributed by atoms with van der Waals surface area (Å²) < 4.78 is 5.26. The maximum atomic E-state index is 5.26. The molecule has 0 fully saturated rings. The number of benzene rings is 1. The Bertz CT molecular complexity index is 782. The van der Waals surface area contributed by atoms with Crippen LogP contribution in [-0.4, -0.2) is 17.1 Å². The van der Waals surface area contributed by atoms with Crippen LogP contribution in [0.4, 0.5) is 11.5 Å². The van der Waals surface area contributed by atoms with Gasteiger partial charge >= 0.3 is 0 Å². The van der Waals surface area contributed by atoms with Gasteiger partial charge in [-0.1, -0.05) is 13.0 Å². The fraction of sp³-hybridized carbons (Fsp3) is 0.250. The largest absolute Gasteiger partial charge is 0.497 e. The SMILES string of the molecule is CCc1nc(Nc2cccc(OC)c2)c2cc(C)sc2n1. The van der Waals surface area contributed by atoms with Crippen molar-refractivity contribution in [3.63, 3.8) is 0 Å². The molecule has 3 rings (SSSR count). The molecule has 108 valence electrons. The molecule has 1 N–H and O–H groups in total. The lowest BCUT2D eigenvalue weighted by Crippen LogP contribution is -1.99. The van der Waals surface area contributed by atoms with Gasteiger partial charge in [-0.15, -0.1) is 11.3 Å². The number of aryl methyl sites for hydroxylation is 2. The zero-order valence-corrected chi connectivity index (χ0v) is 13.1. The zero-order valence-electron chi connectivity index (χ0n) is 12.3. The first-order chi connectivity index (χ1) is 10.2. The average Bonchev–Trinajstić information content (AvgIpc) is 2.88. The smallest absolute Gasteiger partial charge is 0.142 e. The van der Waals surface area contributed by atoms with Gasteiger partial charge in [0.2, 0.25) is 0 Å². The molecule has 21 heavy (non-hydrogen) atoms. The number of nitrogens with one attached hydrogen (secondary N) is 1. The average molecular weight is 299 g/mol. The van der Waals surface area contributed by atoms with Gasteiger partial charge in [-0.3, -0.25) is 0 Å². The Morgan fingerprint density at radius 1 is 1.24 bits per heavy atom. The molecule has 2 heterocycles. The lowest BCUT2D eigenvalue weighted by Gasteiger charge is -2.09. The molecule has 0 unspecified atom stereocenters. The molecular weight excluding hydrogens is 282 g/mol. The second kappa shape index (κ2) is 5.69. The normalized spacial score (nSPS) is 10.8. The predicted molar refractivity (Wildman–Crippen MR) is 87.8 cm³/mol. The minimum Gasteiger partial charge on any atom is -0.497 e. The Morgan fingerprint density at radius 3 is 2.86 bits per heavy atom. The van der Waals surface area contributed by atoms with E-state index in [1.165, 1.54) is 4.88 Å². The first-order valence-electron chi connectivity index (χ1n) is 6.87. The number of aromatic nitrogens is 2. The fourth-order valence-electron chi connectivity index (χ4n) is 2.18. The maximum absolute atomic E-state index is 5.26. The molecule has 0 bridgehead atoms. The predicted octanol–water partition coefficient (Wildman–Crippen LogP) is 4.31. The van der Waals surface area contributed by atoms with Crippen molar-refractivity contribution in [1.29, 1.82) is 0 Å². The van der Waals surface area contributed by atoms with E-state index in [0.717, 1.165) is 39.7 Å². The minimum absolute atomic E-state index is 0.819. The molecule has 2 aromatic heterocycles. The van der Waals surface area contributed by atoms with Crippen molar-refractivity contribution in [2.45, 2.75) is 20.3 Å². The van der Waals surface area contributed by atoms with Crippen LogP contribution in [0.25, 0.3) is 10.2 Å². The van der Waals surface area contributed by atoms with Crippen LogP contribution in [0.1, 0.15) is 17.6 Å². The second-order valence-electron chi connectivity index (χ2n) is 4.77. The lowest BCUT2D eigenvalue weighted by atomic mass is 10.2. The van der Waals surface area contributed by atoms with E-state index in [-0.39, 0.29) is 0 Å². The molecule has 0 atom stereocenters. The van der Waals surface area contributed by atoms with E-state index in [2.05, 4.69) is 35.2 Å².